The maximum atomic E-state index is 14.9. The van der Waals surface area contributed by atoms with E-state index in [4.69, 9.17) is 0 Å². The average molecular weight is 582 g/mol. The SMILES string of the molecule is Cc1ccc(NC(=O)C2CCCN(C(=O)c3c(C)cccc3F)C2c2ccc(CN3CCCC3C(F)(F)F)cc2)cc1. The van der Waals surface area contributed by atoms with Gasteiger partial charge in [0.2, 0.25) is 5.91 Å². The van der Waals surface area contributed by atoms with Crippen molar-refractivity contribution in [2.45, 2.75) is 64.3 Å². The summed E-state index contributed by atoms with van der Waals surface area (Å²) in [5.41, 5.74) is 3.57. The number of hydrogen-bond donors (Lipinski definition) is 1. The molecule has 0 spiro atoms. The fraction of sp³-hybridized carbons (Fsp3) is 0.394. The first-order chi connectivity index (χ1) is 20.0. The second kappa shape index (κ2) is 12.3. The first-order valence-electron chi connectivity index (χ1n) is 14.4. The zero-order chi connectivity index (χ0) is 30.0. The van der Waals surface area contributed by atoms with Crippen molar-refractivity contribution in [1.82, 2.24) is 9.80 Å². The minimum Gasteiger partial charge on any atom is -0.331 e. The van der Waals surface area contributed by atoms with E-state index in [0.29, 0.717) is 54.7 Å². The monoisotopic (exact) mass is 581 g/mol. The molecule has 3 aromatic carbocycles. The number of nitrogens with one attached hydrogen (secondary N) is 1. The Morgan fingerprint density at radius 3 is 2.26 bits per heavy atom. The smallest absolute Gasteiger partial charge is 0.331 e. The van der Waals surface area contributed by atoms with Gasteiger partial charge < -0.3 is 10.2 Å². The molecule has 3 aromatic rings. The van der Waals surface area contributed by atoms with E-state index in [1.165, 1.54) is 11.0 Å². The van der Waals surface area contributed by atoms with Crippen LogP contribution in [0.3, 0.4) is 0 Å². The molecule has 2 amide bonds. The minimum atomic E-state index is -4.28. The van der Waals surface area contributed by atoms with E-state index in [1.54, 1.807) is 48.2 Å². The van der Waals surface area contributed by atoms with Crippen LogP contribution in [0.15, 0.2) is 66.7 Å². The van der Waals surface area contributed by atoms with E-state index < -0.39 is 35.9 Å². The predicted octanol–water partition coefficient (Wildman–Crippen LogP) is 7.20. The molecule has 1 N–H and O–H groups in total. The number of piperidine rings is 1. The van der Waals surface area contributed by atoms with Crippen LogP contribution in [0.2, 0.25) is 0 Å². The second-order valence-electron chi connectivity index (χ2n) is 11.4. The Bertz CT molecular complexity index is 1400. The number of anilines is 1. The molecule has 3 atom stereocenters. The van der Waals surface area contributed by atoms with Gasteiger partial charge in [-0.3, -0.25) is 14.5 Å². The van der Waals surface area contributed by atoms with Crippen LogP contribution in [0.4, 0.5) is 23.2 Å². The van der Waals surface area contributed by atoms with E-state index >= 15 is 0 Å². The topological polar surface area (TPSA) is 52.7 Å². The third-order valence-corrected chi connectivity index (χ3v) is 8.43. The zero-order valence-corrected chi connectivity index (χ0v) is 23.8. The van der Waals surface area contributed by atoms with Crippen molar-refractivity contribution in [2.75, 3.05) is 18.4 Å². The number of halogens is 4. The van der Waals surface area contributed by atoms with E-state index in [-0.39, 0.29) is 24.4 Å². The van der Waals surface area contributed by atoms with Gasteiger partial charge in [0.1, 0.15) is 11.9 Å². The van der Waals surface area contributed by atoms with Crippen molar-refractivity contribution in [3.8, 4) is 0 Å². The zero-order valence-electron chi connectivity index (χ0n) is 23.8. The van der Waals surface area contributed by atoms with Crippen molar-refractivity contribution in [1.29, 1.82) is 0 Å². The van der Waals surface area contributed by atoms with Crippen LogP contribution in [-0.2, 0) is 11.3 Å². The summed E-state index contributed by atoms with van der Waals surface area (Å²) >= 11 is 0. The first kappa shape index (κ1) is 29.8. The Labute approximate surface area is 243 Å². The number of alkyl halides is 3. The largest absolute Gasteiger partial charge is 0.404 e. The van der Waals surface area contributed by atoms with Gasteiger partial charge in [-0.15, -0.1) is 0 Å². The first-order valence-corrected chi connectivity index (χ1v) is 14.4. The van der Waals surface area contributed by atoms with Gasteiger partial charge in [0, 0.05) is 18.8 Å². The highest BCUT2D eigenvalue weighted by Crippen LogP contribution is 2.39. The molecule has 0 aromatic heterocycles. The van der Waals surface area contributed by atoms with Crippen molar-refractivity contribution in [3.63, 3.8) is 0 Å². The van der Waals surface area contributed by atoms with E-state index in [2.05, 4.69) is 5.32 Å². The molecule has 5 rings (SSSR count). The number of likely N-dealkylation sites (tertiary alicyclic amines) is 2. The van der Waals surface area contributed by atoms with Crippen LogP contribution in [0, 0.1) is 25.6 Å². The van der Waals surface area contributed by atoms with E-state index in [1.807, 2.05) is 31.2 Å². The number of carbonyl (C=O) groups excluding carboxylic acids is 2. The fourth-order valence-electron chi connectivity index (χ4n) is 6.27. The second-order valence-corrected chi connectivity index (χ2v) is 11.4. The molecule has 42 heavy (non-hydrogen) atoms. The lowest BCUT2D eigenvalue weighted by atomic mass is 9.83. The number of rotatable bonds is 6. The molecule has 2 saturated heterocycles. The highest BCUT2D eigenvalue weighted by atomic mass is 19.4. The Kier molecular flexibility index (Phi) is 8.68. The lowest BCUT2D eigenvalue weighted by Gasteiger charge is -2.41. The molecule has 2 heterocycles. The molecule has 2 aliphatic heterocycles. The standard InChI is InChI=1S/C33H35F4N3O2/c1-21-10-16-25(17-11-21)38-31(41)26-7-4-19-40(32(42)29-22(2)6-3-8-27(29)34)30(26)24-14-12-23(13-15-24)20-39-18-5-9-28(39)33(35,36)37/h3,6,8,10-17,26,28,30H,4-5,7,9,18-20H2,1-2H3,(H,38,41). The Morgan fingerprint density at radius 2 is 1.60 bits per heavy atom. The van der Waals surface area contributed by atoms with Crippen LogP contribution >= 0.6 is 0 Å². The molecule has 2 aliphatic rings. The summed E-state index contributed by atoms with van der Waals surface area (Å²) in [6, 6.07) is 16.9. The van der Waals surface area contributed by atoms with Gasteiger partial charge in [0.05, 0.1) is 17.5 Å². The minimum absolute atomic E-state index is 0.0223. The Morgan fingerprint density at radius 1 is 0.905 bits per heavy atom. The Hall–Kier alpha value is -3.72. The van der Waals surface area contributed by atoms with Gasteiger partial charge in [0.15, 0.2) is 0 Å². The highest BCUT2D eigenvalue weighted by molar-refractivity contribution is 5.98. The number of amides is 2. The third-order valence-electron chi connectivity index (χ3n) is 8.43. The normalized spacial score (nSPS) is 21.4. The number of nitrogens with zero attached hydrogens (tertiary/aromatic N) is 2. The number of carbonyl (C=O) groups is 2. The molecule has 0 bridgehead atoms. The molecule has 222 valence electrons. The molecule has 9 heteroatoms. The van der Waals surface area contributed by atoms with E-state index in [9.17, 15) is 27.2 Å². The summed E-state index contributed by atoms with van der Waals surface area (Å²) in [5.74, 6) is -1.97. The summed E-state index contributed by atoms with van der Waals surface area (Å²) in [6.07, 6.45) is -2.61. The predicted molar refractivity (Wildman–Crippen MR) is 153 cm³/mol. The summed E-state index contributed by atoms with van der Waals surface area (Å²) in [6.45, 7) is 4.50. The van der Waals surface area contributed by atoms with Crippen molar-refractivity contribution < 1.29 is 27.2 Å². The van der Waals surface area contributed by atoms with Crippen LogP contribution in [0.25, 0.3) is 0 Å². The van der Waals surface area contributed by atoms with Crippen LogP contribution < -0.4 is 5.32 Å². The fourth-order valence-corrected chi connectivity index (χ4v) is 6.27. The molecule has 0 saturated carbocycles. The summed E-state index contributed by atoms with van der Waals surface area (Å²) in [5, 5.41) is 2.98. The van der Waals surface area contributed by atoms with Gasteiger partial charge in [-0.2, -0.15) is 13.2 Å². The number of aryl methyl sites for hydroxylation is 2. The highest BCUT2D eigenvalue weighted by Gasteiger charge is 2.46. The molecule has 0 aliphatic carbocycles. The Balaban J connectivity index is 1.45. The summed E-state index contributed by atoms with van der Waals surface area (Å²) in [4.78, 5) is 30.5. The summed E-state index contributed by atoms with van der Waals surface area (Å²) < 4.78 is 55.4. The van der Waals surface area contributed by atoms with Gasteiger partial charge in [0.25, 0.3) is 5.91 Å². The van der Waals surface area contributed by atoms with Gasteiger partial charge in [-0.05, 0) is 81.0 Å². The molecule has 0 radical (unpaired) electrons. The lowest BCUT2D eigenvalue weighted by molar-refractivity contribution is -0.177. The van der Waals surface area contributed by atoms with E-state index in [0.717, 1.165) is 5.56 Å². The number of hydrogen-bond acceptors (Lipinski definition) is 3. The van der Waals surface area contributed by atoms with Gasteiger partial charge >= 0.3 is 6.18 Å². The molecule has 5 nitrogen and oxygen atoms in total. The van der Waals surface area contributed by atoms with Crippen molar-refractivity contribution >= 4 is 17.5 Å². The third kappa shape index (κ3) is 6.36. The molecular weight excluding hydrogens is 546 g/mol. The van der Waals surface area contributed by atoms with Crippen molar-refractivity contribution in [2.24, 2.45) is 5.92 Å². The average Bonchev–Trinajstić information content (AvgIpc) is 3.43. The maximum absolute atomic E-state index is 14.9. The van der Waals surface area contributed by atoms with Crippen molar-refractivity contribution in [3.05, 3.63) is 100 Å². The van der Waals surface area contributed by atoms with Crippen LogP contribution in [0.5, 0.6) is 0 Å². The molecule has 2 fully saturated rings. The summed E-state index contributed by atoms with van der Waals surface area (Å²) in [7, 11) is 0. The van der Waals surface area contributed by atoms with Gasteiger partial charge in [-0.1, -0.05) is 54.1 Å². The quantitative estimate of drug-likeness (QED) is 0.313. The lowest BCUT2D eigenvalue weighted by Crippen LogP contribution is -2.46. The number of benzene rings is 3. The molecular formula is C33H35F4N3O2. The maximum Gasteiger partial charge on any atom is 0.404 e. The van der Waals surface area contributed by atoms with Gasteiger partial charge in [-0.25, -0.2) is 4.39 Å². The van der Waals surface area contributed by atoms with Crippen LogP contribution in [0.1, 0.15) is 64.3 Å². The van der Waals surface area contributed by atoms with Crippen LogP contribution in [-0.4, -0.2) is 46.9 Å². The molecule has 3 unspecified atom stereocenters.